The molecule has 2 amide bonds. The van der Waals surface area contributed by atoms with Gasteiger partial charge in [-0.1, -0.05) is 42.5 Å². The van der Waals surface area contributed by atoms with E-state index in [1.807, 2.05) is 53.4 Å². The Hall–Kier alpha value is -2.86. The molecule has 140 valence electrons. The van der Waals surface area contributed by atoms with Crippen molar-refractivity contribution in [3.63, 3.8) is 0 Å². The smallest absolute Gasteiger partial charge is 0.235 e. The normalized spacial score (nSPS) is 21.5. The van der Waals surface area contributed by atoms with Gasteiger partial charge in [-0.15, -0.1) is 0 Å². The zero-order chi connectivity index (χ0) is 18.8. The minimum atomic E-state index is -0.465. The SMILES string of the molecule is NC(=O)[C@@H]1Cc2ccccc2CN1CC(=O)N[C@H]1CCOc2ccccc21. The Labute approximate surface area is 158 Å². The predicted molar refractivity (Wildman–Crippen MR) is 101 cm³/mol. The predicted octanol–water partition coefficient (Wildman–Crippen LogP) is 1.54. The van der Waals surface area contributed by atoms with E-state index in [1.54, 1.807) is 0 Å². The van der Waals surface area contributed by atoms with Crippen LogP contribution in [-0.2, 0) is 22.6 Å². The first-order valence-electron chi connectivity index (χ1n) is 9.23. The van der Waals surface area contributed by atoms with Crippen LogP contribution in [-0.4, -0.2) is 35.9 Å². The lowest BCUT2D eigenvalue weighted by atomic mass is 9.93. The Morgan fingerprint density at radius 2 is 1.85 bits per heavy atom. The van der Waals surface area contributed by atoms with Gasteiger partial charge in [-0.2, -0.15) is 0 Å². The third kappa shape index (κ3) is 3.66. The van der Waals surface area contributed by atoms with Crippen molar-refractivity contribution in [3.05, 3.63) is 65.2 Å². The highest BCUT2D eigenvalue weighted by atomic mass is 16.5. The fourth-order valence-corrected chi connectivity index (χ4v) is 3.94. The lowest BCUT2D eigenvalue weighted by molar-refractivity contribution is -0.128. The number of benzene rings is 2. The van der Waals surface area contributed by atoms with Crippen LogP contribution < -0.4 is 15.8 Å². The Bertz CT molecular complexity index is 867. The number of ether oxygens (including phenoxy) is 1. The second-order valence-corrected chi connectivity index (χ2v) is 7.09. The van der Waals surface area contributed by atoms with Crippen LogP contribution in [0.15, 0.2) is 48.5 Å². The maximum Gasteiger partial charge on any atom is 0.235 e. The number of rotatable bonds is 4. The number of carbonyl (C=O) groups excluding carboxylic acids is 2. The average molecular weight is 365 g/mol. The van der Waals surface area contributed by atoms with E-state index in [2.05, 4.69) is 5.32 Å². The van der Waals surface area contributed by atoms with Crippen molar-refractivity contribution < 1.29 is 14.3 Å². The van der Waals surface area contributed by atoms with Gasteiger partial charge in [0.25, 0.3) is 0 Å². The van der Waals surface area contributed by atoms with E-state index in [0.29, 0.717) is 19.6 Å². The molecule has 2 atom stereocenters. The molecule has 0 radical (unpaired) electrons. The van der Waals surface area contributed by atoms with E-state index in [0.717, 1.165) is 28.9 Å². The summed E-state index contributed by atoms with van der Waals surface area (Å²) in [6.07, 6.45) is 1.27. The molecule has 2 heterocycles. The Kier molecular flexibility index (Phi) is 4.81. The minimum Gasteiger partial charge on any atom is -0.493 e. The number of nitrogens with zero attached hydrogens (tertiary/aromatic N) is 1. The van der Waals surface area contributed by atoms with Crippen LogP contribution in [0, 0.1) is 0 Å². The van der Waals surface area contributed by atoms with Gasteiger partial charge in [0.2, 0.25) is 11.8 Å². The number of para-hydroxylation sites is 1. The summed E-state index contributed by atoms with van der Waals surface area (Å²) in [5.41, 5.74) is 8.86. The first kappa shape index (κ1) is 17.5. The molecule has 2 aromatic rings. The molecule has 2 aliphatic rings. The zero-order valence-corrected chi connectivity index (χ0v) is 15.1. The summed E-state index contributed by atoms with van der Waals surface area (Å²) in [7, 11) is 0. The van der Waals surface area contributed by atoms with E-state index < -0.39 is 11.9 Å². The lowest BCUT2D eigenvalue weighted by Crippen LogP contribution is -2.52. The molecule has 0 unspecified atom stereocenters. The fourth-order valence-electron chi connectivity index (χ4n) is 3.94. The summed E-state index contributed by atoms with van der Waals surface area (Å²) < 4.78 is 5.65. The third-order valence-electron chi connectivity index (χ3n) is 5.31. The number of hydrogen-bond donors (Lipinski definition) is 2. The van der Waals surface area contributed by atoms with Crippen LogP contribution in [0.3, 0.4) is 0 Å². The molecule has 2 aliphatic heterocycles. The molecule has 0 saturated carbocycles. The Morgan fingerprint density at radius 1 is 1.11 bits per heavy atom. The van der Waals surface area contributed by atoms with Crippen molar-refractivity contribution in [3.8, 4) is 5.75 Å². The van der Waals surface area contributed by atoms with E-state index in [-0.39, 0.29) is 18.5 Å². The van der Waals surface area contributed by atoms with E-state index in [9.17, 15) is 9.59 Å². The number of carbonyl (C=O) groups is 2. The van der Waals surface area contributed by atoms with Gasteiger partial charge in [0.15, 0.2) is 0 Å². The standard InChI is InChI=1S/C21H23N3O3/c22-21(26)18-11-14-5-1-2-6-15(14)12-24(18)13-20(25)23-17-9-10-27-19-8-4-3-7-16(17)19/h1-8,17-18H,9-13H2,(H2,22,26)(H,23,25)/t17-,18-/m0/s1. The van der Waals surface area contributed by atoms with Gasteiger partial charge in [-0.25, -0.2) is 0 Å². The van der Waals surface area contributed by atoms with E-state index >= 15 is 0 Å². The molecular formula is C21H23N3O3. The number of hydrogen-bond acceptors (Lipinski definition) is 4. The monoisotopic (exact) mass is 365 g/mol. The van der Waals surface area contributed by atoms with Gasteiger partial charge in [0, 0.05) is 18.5 Å². The summed E-state index contributed by atoms with van der Waals surface area (Å²) in [5.74, 6) is 0.312. The van der Waals surface area contributed by atoms with Gasteiger partial charge >= 0.3 is 0 Å². The second-order valence-electron chi connectivity index (χ2n) is 7.09. The first-order chi connectivity index (χ1) is 13.1. The number of fused-ring (bicyclic) bond motifs is 2. The molecule has 0 aliphatic carbocycles. The van der Waals surface area contributed by atoms with Crippen LogP contribution in [0.4, 0.5) is 0 Å². The summed E-state index contributed by atoms with van der Waals surface area (Å²) in [6, 6.07) is 15.2. The van der Waals surface area contributed by atoms with Crippen molar-refractivity contribution >= 4 is 11.8 Å². The molecule has 6 heteroatoms. The van der Waals surface area contributed by atoms with Crippen molar-refractivity contribution in [2.75, 3.05) is 13.2 Å². The topological polar surface area (TPSA) is 84.7 Å². The molecule has 0 aromatic heterocycles. The van der Waals surface area contributed by atoms with Crippen molar-refractivity contribution in [2.24, 2.45) is 5.73 Å². The highest BCUT2D eigenvalue weighted by Gasteiger charge is 2.32. The summed E-state index contributed by atoms with van der Waals surface area (Å²) in [5, 5.41) is 3.09. The average Bonchev–Trinajstić information content (AvgIpc) is 2.67. The Balaban J connectivity index is 1.47. The van der Waals surface area contributed by atoms with Gasteiger partial charge < -0.3 is 15.8 Å². The maximum absolute atomic E-state index is 12.7. The van der Waals surface area contributed by atoms with Crippen LogP contribution in [0.5, 0.6) is 5.75 Å². The largest absolute Gasteiger partial charge is 0.493 e. The van der Waals surface area contributed by atoms with E-state index in [4.69, 9.17) is 10.5 Å². The van der Waals surface area contributed by atoms with Crippen LogP contribution in [0.1, 0.15) is 29.2 Å². The van der Waals surface area contributed by atoms with Gasteiger partial charge in [-0.3, -0.25) is 14.5 Å². The summed E-state index contributed by atoms with van der Waals surface area (Å²) in [6.45, 7) is 1.26. The highest BCUT2D eigenvalue weighted by Crippen LogP contribution is 2.31. The molecule has 6 nitrogen and oxygen atoms in total. The number of amides is 2. The molecule has 27 heavy (non-hydrogen) atoms. The summed E-state index contributed by atoms with van der Waals surface area (Å²) >= 11 is 0. The molecule has 4 rings (SSSR count). The maximum atomic E-state index is 12.7. The van der Waals surface area contributed by atoms with Crippen LogP contribution in [0.25, 0.3) is 0 Å². The van der Waals surface area contributed by atoms with Crippen molar-refractivity contribution in [1.82, 2.24) is 10.2 Å². The Morgan fingerprint density at radius 3 is 2.67 bits per heavy atom. The number of nitrogens with two attached hydrogens (primary N) is 1. The highest BCUT2D eigenvalue weighted by molar-refractivity contribution is 5.83. The summed E-state index contributed by atoms with van der Waals surface area (Å²) in [4.78, 5) is 26.5. The molecule has 0 saturated heterocycles. The van der Waals surface area contributed by atoms with Crippen LogP contribution >= 0.6 is 0 Å². The quantitative estimate of drug-likeness (QED) is 0.861. The number of primary amides is 1. The zero-order valence-electron chi connectivity index (χ0n) is 15.1. The third-order valence-corrected chi connectivity index (χ3v) is 5.31. The number of nitrogens with one attached hydrogen (secondary N) is 1. The molecule has 0 fully saturated rings. The fraction of sp³-hybridized carbons (Fsp3) is 0.333. The first-order valence-corrected chi connectivity index (χ1v) is 9.23. The molecule has 0 spiro atoms. The molecule has 3 N–H and O–H groups in total. The lowest BCUT2D eigenvalue weighted by Gasteiger charge is -2.35. The van der Waals surface area contributed by atoms with Gasteiger partial charge in [0.05, 0.1) is 25.2 Å². The minimum absolute atomic E-state index is 0.0773. The molecule has 0 bridgehead atoms. The van der Waals surface area contributed by atoms with Crippen molar-refractivity contribution in [1.29, 1.82) is 0 Å². The van der Waals surface area contributed by atoms with Crippen molar-refractivity contribution in [2.45, 2.75) is 31.5 Å². The van der Waals surface area contributed by atoms with Gasteiger partial charge in [0.1, 0.15) is 5.75 Å². The molecule has 2 aromatic carbocycles. The second kappa shape index (κ2) is 7.40. The van der Waals surface area contributed by atoms with E-state index in [1.165, 1.54) is 0 Å². The molecular weight excluding hydrogens is 342 g/mol. The van der Waals surface area contributed by atoms with Gasteiger partial charge in [-0.05, 0) is 23.6 Å². The van der Waals surface area contributed by atoms with Crippen LogP contribution in [0.2, 0.25) is 0 Å².